The maximum absolute atomic E-state index is 13.3. The van der Waals surface area contributed by atoms with E-state index in [1.54, 1.807) is 18.2 Å². The minimum atomic E-state index is -0.348. The summed E-state index contributed by atoms with van der Waals surface area (Å²) in [5, 5.41) is 3.37. The van der Waals surface area contributed by atoms with Crippen LogP contribution in [0.4, 0.5) is 4.39 Å². The third kappa shape index (κ3) is 3.88. The number of hydrogen-bond donors (Lipinski definition) is 1. The number of aromatic nitrogens is 1. The standard InChI is InChI=1S/C18H18ClFN2O/c19-16-10-13(18(23)22-15-7-2-1-3-8-15)11-21-17(16)12-5-4-6-14(20)9-12/h4-6,9-11,15H,1-3,7-8H2,(H,22,23). The number of pyridine rings is 1. The summed E-state index contributed by atoms with van der Waals surface area (Å²) < 4.78 is 13.3. The highest BCUT2D eigenvalue weighted by atomic mass is 35.5. The second-order valence-corrected chi connectivity index (χ2v) is 6.28. The molecule has 0 atom stereocenters. The summed E-state index contributed by atoms with van der Waals surface area (Å²) in [4.78, 5) is 16.5. The van der Waals surface area contributed by atoms with Crippen LogP contribution in [0.1, 0.15) is 42.5 Å². The van der Waals surface area contributed by atoms with Crippen molar-refractivity contribution in [1.29, 1.82) is 0 Å². The van der Waals surface area contributed by atoms with Gasteiger partial charge in [-0.25, -0.2) is 4.39 Å². The summed E-state index contributed by atoms with van der Waals surface area (Å²) in [6, 6.07) is 7.90. The van der Waals surface area contributed by atoms with Gasteiger partial charge in [-0.05, 0) is 31.0 Å². The Morgan fingerprint density at radius 2 is 2.00 bits per heavy atom. The van der Waals surface area contributed by atoms with Crippen molar-refractivity contribution in [2.45, 2.75) is 38.1 Å². The lowest BCUT2D eigenvalue weighted by atomic mass is 9.95. The van der Waals surface area contributed by atoms with E-state index in [0.717, 1.165) is 25.7 Å². The van der Waals surface area contributed by atoms with Crippen LogP contribution in [0.5, 0.6) is 0 Å². The fraction of sp³-hybridized carbons (Fsp3) is 0.333. The molecule has 0 unspecified atom stereocenters. The van der Waals surface area contributed by atoms with Crippen molar-refractivity contribution in [3.8, 4) is 11.3 Å². The van der Waals surface area contributed by atoms with Crippen LogP contribution in [0, 0.1) is 5.82 Å². The van der Waals surface area contributed by atoms with E-state index >= 15 is 0 Å². The molecule has 23 heavy (non-hydrogen) atoms. The number of carbonyl (C=O) groups excluding carboxylic acids is 1. The maximum atomic E-state index is 13.3. The molecule has 0 saturated heterocycles. The first-order valence-electron chi connectivity index (χ1n) is 7.86. The van der Waals surface area contributed by atoms with E-state index < -0.39 is 0 Å². The second kappa shape index (κ2) is 7.09. The van der Waals surface area contributed by atoms with Crippen LogP contribution in [0.3, 0.4) is 0 Å². The van der Waals surface area contributed by atoms with Gasteiger partial charge in [0.1, 0.15) is 5.82 Å². The van der Waals surface area contributed by atoms with E-state index in [1.165, 1.54) is 24.8 Å². The van der Waals surface area contributed by atoms with E-state index in [1.807, 2.05) is 0 Å². The first kappa shape index (κ1) is 15.9. The first-order chi connectivity index (χ1) is 11.1. The van der Waals surface area contributed by atoms with Crippen LogP contribution >= 0.6 is 11.6 Å². The number of carbonyl (C=O) groups is 1. The van der Waals surface area contributed by atoms with E-state index in [4.69, 9.17) is 11.6 Å². The highest BCUT2D eigenvalue weighted by molar-refractivity contribution is 6.33. The van der Waals surface area contributed by atoms with Gasteiger partial charge in [0, 0.05) is 17.8 Å². The smallest absolute Gasteiger partial charge is 0.253 e. The Labute approximate surface area is 139 Å². The minimum absolute atomic E-state index is 0.155. The largest absolute Gasteiger partial charge is 0.349 e. The predicted octanol–water partition coefficient (Wildman–Crippen LogP) is 4.60. The van der Waals surface area contributed by atoms with Crippen molar-refractivity contribution in [2.75, 3.05) is 0 Å². The molecule has 0 spiro atoms. The Morgan fingerprint density at radius 3 is 2.70 bits per heavy atom. The summed E-state index contributed by atoms with van der Waals surface area (Å²) in [7, 11) is 0. The molecular weight excluding hydrogens is 315 g/mol. The Morgan fingerprint density at radius 1 is 1.22 bits per heavy atom. The summed E-state index contributed by atoms with van der Waals surface area (Å²) in [5.74, 6) is -0.503. The average molecular weight is 333 g/mol. The van der Waals surface area contributed by atoms with Crippen molar-refractivity contribution in [2.24, 2.45) is 0 Å². The third-order valence-corrected chi connectivity index (χ3v) is 4.43. The molecule has 3 rings (SSSR count). The number of amides is 1. The summed E-state index contributed by atoms with van der Waals surface area (Å²) >= 11 is 6.24. The van der Waals surface area contributed by atoms with Gasteiger partial charge < -0.3 is 5.32 Å². The first-order valence-corrected chi connectivity index (χ1v) is 8.23. The Bertz CT molecular complexity index is 714. The van der Waals surface area contributed by atoms with E-state index in [2.05, 4.69) is 10.3 Å². The molecule has 1 fully saturated rings. The Hall–Kier alpha value is -1.94. The fourth-order valence-corrected chi connectivity index (χ4v) is 3.20. The van der Waals surface area contributed by atoms with Gasteiger partial charge in [-0.15, -0.1) is 0 Å². The molecular formula is C18H18ClFN2O. The number of halogens is 2. The normalized spacial score (nSPS) is 15.4. The molecule has 1 aromatic carbocycles. The molecule has 1 aliphatic carbocycles. The lowest BCUT2D eigenvalue weighted by molar-refractivity contribution is 0.0927. The van der Waals surface area contributed by atoms with Crippen LogP contribution in [0.25, 0.3) is 11.3 Å². The highest BCUT2D eigenvalue weighted by Crippen LogP contribution is 2.27. The molecule has 1 heterocycles. The minimum Gasteiger partial charge on any atom is -0.349 e. The van der Waals surface area contributed by atoms with Crippen LogP contribution in [0.2, 0.25) is 5.02 Å². The van der Waals surface area contributed by atoms with Crippen LogP contribution in [-0.4, -0.2) is 16.9 Å². The molecule has 0 radical (unpaired) electrons. The molecule has 0 bridgehead atoms. The Balaban J connectivity index is 1.77. The summed E-state index contributed by atoms with van der Waals surface area (Å²) in [6.45, 7) is 0. The molecule has 0 aliphatic heterocycles. The third-order valence-electron chi connectivity index (χ3n) is 4.14. The number of hydrogen-bond acceptors (Lipinski definition) is 2. The summed E-state index contributed by atoms with van der Waals surface area (Å²) in [5.41, 5.74) is 1.50. The zero-order chi connectivity index (χ0) is 16.2. The van der Waals surface area contributed by atoms with Gasteiger partial charge >= 0.3 is 0 Å². The molecule has 5 heteroatoms. The zero-order valence-corrected chi connectivity index (χ0v) is 13.4. The van der Waals surface area contributed by atoms with Gasteiger partial charge in [-0.2, -0.15) is 0 Å². The van der Waals surface area contributed by atoms with Gasteiger partial charge in [0.25, 0.3) is 5.91 Å². The predicted molar refractivity (Wildman–Crippen MR) is 89.0 cm³/mol. The van der Waals surface area contributed by atoms with E-state index in [0.29, 0.717) is 21.8 Å². The highest BCUT2D eigenvalue weighted by Gasteiger charge is 2.18. The van der Waals surface area contributed by atoms with E-state index in [-0.39, 0.29) is 17.8 Å². The lowest BCUT2D eigenvalue weighted by Crippen LogP contribution is -2.36. The van der Waals surface area contributed by atoms with Gasteiger partial charge in [0.15, 0.2) is 0 Å². The average Bonchev–Trinajstić information content (AvgIpc) is 2.55. The topological polar surface area (TPSA) is 42.0 Å². The molecule has 1 amide bonds. The molecule has 2 aromatic rings. The molecule has 1 N–H and O–H groups in total. The second-order valence-electron chi connectivity index (χ2n) is 5.87. The SMILES string of the molecule is O=C(NC1CCCCC1)c1cnc(-c2cccc(F)c2)c(Cl)c1. The van der Waals surface area contributed by atoms with Crippen molar-refractivity contribution >= 4 is 17.5 Å². The van der Waals surface area contributed by atoms with Crippen LogP contribution in [-0.2, 0) is 0 Å². The number of nitrogens with zero attached hydrogens (tertiary/aromatic N) is 1. The number of benzene rings is 1. The van der Waals surface area contributed by atoms with Crippen LogP contribution in [0.15, 0.2) is 36.5 Å². The molecule has 1 saturated carbocycles. The van der Waals surface area contributed by atoms with Crippen molar-refractivity contribution < 1.29 is 9.18 Å². The quantitative estimate of drug-likeness (QED) is 0.892. The van der Waals surface area contributed by atoms with Crippen molar-refractivity contribution in [3.05, 3.63) is 52.9 Å². The molecule has 120 valence electrons. The summed E-state index contributed by atoms with van der Waals surface area (Å²) in [6.07, 6.45) is 7.08. The van der Waals surface area contributed by atoms with E-state index in [9.17, 15) is 9.18 Å². The molecule has 3 nitrogen and oxygen atoms in total. The Kier molecular flexibility index (Phi) is 4.91. The van der Waals surface area contributed by atoms with Crippen molar-refractivity contribution in [1.82, 2.24) is 10.3 Å². The fourth-order valence-electron chi connectivity index (χ4n) is 2.93. The van der Waals surface area contributed by atoms with Gasteiger partial charge in [-0.3, -0.25) is 9.78 Å². The molecule has 1 aromatic heterocycles. The molecule has 1 aliphatic rings. The van der Waals surface area contributed by atoms with Crippen LogP contribution < -0.4 is 5.32 Å². The van der Waals surface area contributed by atoms with Gasteiger partial charge in [-0.1, -0.05) is 43.0 Å². The zero-order valence-electron chi connectivity index (χ0n) is 12.7. The maximum Gasteiger partial charge on any atom is 0.253 e. The number of rotatable bonds is 3. The van der Waals surface area contributed by atoms with Gasteiger partial charge in [0.05, 0.1) is 16.3 Å². The van der Waals surface area contributed by atoms with Gasteiger partial charge in [0.2, 0.25) is 0 Å². The van der Waals surface area contributed by atoms with Crippen molar-refractivity contribution in [3.63, 3.8) is 0 Å². The lowest BCUT2D eigenvalue weighted by Gasteiger charge is -2.22. The number of nitrogens with one attached hydrogen (secondary N) is 1. The monoisotopic (exact) mass is 332 g/mol.